The zero-order valence-corrected chi connectivity index (χ0v) is 36.8. The van der Waals surface area contributed by atoms with Crippen molar-refractivity contribution in [3.05, 3.63) is 60.8 Å². The largest absolute Gasteiger partial charge is 0.472 e. The fourth-order valence-corrected chi connectivity index (χ4v) is 6.29. The molecule has 0 spiro atoms. The maximum absolute atomic E-state index is 12.6. The molecule has 16 heteroatoms. The predicted octanol–water partition coefficient (Wildman–Crippen LogP) is 9.42. The summed E-state index contributed by atoms with van der Waals surface area (Å²) in [4.78, 5) is 52.6. The lowest BCUT2D eigenvalue weighted by Crippen LogP contribution is -2.29. The predicted molar refractivity (Wildman–Crippen MR) is 227 cm³/mol. The summed E-state index contributed by atoms with van der Waals surface area (Å²) in [6.07, 6.45) is 35.9. The van der Waals surface area contributed by atoms with Gasteiger partial charge in [-0.05, 0) is 83.5 Å². The van der Waals surface area contributed by atoms with Crippen LogP contribution in [0.15, 0.2) is 60.8 Å². The van der Waals surface area contributed by atoms with Crippen LogP contribution < -0.4 is 0 Å². The van der Waals surface area contributed by atoms with Gasteiger partial charge in [0.1, 0.15) is 12.7 Å². The Morgan fingerprint density at radius 2 is 1.02 bits per heavy atom. The number of carbonyl (C=O) groups is 2. The minimum atomic E-state index is -4.87. The summed E-state index contributed by atoms with van der Waals surface area (Å²) in [5, 5.41) is 19.3. The molecular weight excluding hydrogens is 790 g/mol. The van der Waals surface area contributed by atoms with Gasteiger partial charge < -0.3 is 34.4 Å². The van der Waals surface area contributed by atoms with Gasteiger partial charge in [-0.15, -0.1) is 0 Å². The maximum atomic E-state index is 12.6. The van der Waals surface area contributed by atoms with Gasteiger partial charge in [0.2, 0.25) is 0 Å². The minimum Gasteiger partial charge on any atom is -0.462 e. The average molecular weight is 865 g/mol. The second kappa shape index (κ2) is 37.8. The summed E-state index contributed by atoms with van der Waals surface area (Å²) in [5.41, 5.74) is 0. The first-order valence-electron chi connectivity index (χ1n) is 21.1. The molecule has 1 unspecified atom stereocenters. The number of phosphoric ester groups is 2. The Kier molecular flexibility index (Phi) is 36.3. The van der Waals surface area contributed by atoms with Crippen molar-refractivity contribution in [3.63, 3.8) is 0 Å². The number of unbranched alkanes of at least 4 members (excludes halogenated alkanes) is 10. The number of aliphatic hydroxyl groups excluding tert-OH is 2. The van der Waals surface area contributed by atoms with Crippen LogP contribution in [0.25, 0.3) is 0 Å². The highest BCUT2D eigenvalue weighted by molar-refractivity contribution is 7.47. The number of esters is 2. The van der Waals surface area contributed by atoms with E-state index in [0.717, 1.165) is 77.0 Å². The van der Waals surface area contributed by atoms with E-state index in [1.807, 2.05) is 19.1 Å². The summed E-state index contributed by atoms with van der Waals surface area (Å²) in [6.45, 7) is 1.37. The third kappa shape index (κ3) is 40.6. The lowest BCUT2D eigenvalue weighted by atomic mass is 10.1. The van der Waals surface area contributed by atoms with E-state index < -0.39 is 66.2 Å². The van der Waals surface area contributed by atoms with Gasteiger partial charge >= 0.3 is 27.6 Å². The summed E-state index contributed by atoms with van der Waals surface area (Å²) >= 11 is 0. The Morgan fingerprint density at radius 1 is 0.534 bits per heavy atom. The van der Waals surface area contributed by atoms with Crippen molar-refractivity contribution in [3.8, 4) is 0 Å². The second-order valence-electron chi connectivity index (χ2n) is 14.0. The number of carbonyl (C=O) groups excluding carboxylic acids is 2. The van der Waals surface area contributed by atoms with Gasteiger partial charge in [0, 0.05) is 12.8 Å². The molecule has 0 aliphatic heterocycles. The van der Waals surface area contributed by atoms with Crippen molar-refractivity contribution >= 4 is 27.6 Å². The summed E-state index contributed by atoms with van der Waals surface area (Å²) in [5.74, 6) is -1.13. The summed E-state index contributed by atoms with van der Waals surface area (Å²) in [7, 11) is -9.70. The molecule has 0 rings (SSSR count). The molecule has 336 valence electrons. The molecule has 0 bridgehead atoms. The minimum absolute atomic E-state index is 0.0385. The van der Waals surface area contributed by atoms with Gasteiger partial charge in [-0.2, -0.15) is 0 Å². The molecule has 0 aliphatic carbocycles. The number of rotatable bonds is 39. The number of phosphoric acid groups is 2. The van der Waals surface area contributed by atoms with Gasteiger partial charge in [-0.25, -0.2) is 9.13 Å². The van der Waals surface area contributed by atoms with Crippen molar-refractivity contribution in [1.29, 1.82) is 0 Å². The first kappa shape index (κ1) is 55.8. The molecular formula is C42H74O14P2. The van der Waals surface area contributed by atoms with Gasteiger partial charge in [0.15, 0.2) is 6.10 Å². The molecule has 5 N–H and O–H groups in total. The van der Waals surface area contributed by atoms with Gasteiger partial charge in [-0.3, -0.25) is 23.2 Å². The SMILES string of the molecule is CCCCCC/C=C\CCCCCCCC(=O)OC[C@H](COP(=O)(O)OC[C@@H](O)COP(=O)(O)O)OC(=O)CCC/C=C\C/C=C\C/C=C\C/C=C\CC[C@H](O)CC. The second-order valence-corrected chi connectivity index (χ2v) is 16.7. The van der Waals surface area contributed by atoms with Crippen LogP contribution in [-0.2, 0) is 41.8 Å². The van der Waals surface area contributed by atoms with E-state index in [0.29, 0.717) is 19.3 Å². The molecule has 58 heavy (non-hydrogen) atoms. The quantitative estimate of drug-likeness (QED) is 0.0168. The third-order valence-corrected chi connectivity index (χ3v) is 9.97. The van der Waals surface area contributed by atoms with Crippen LogP contribution in [0.5, 0.6) is 0 Å². The molecule has 0 aromatic carbocycles. The van der Waals surface area contributed by atoms with E-state index in [1.54, 1.807) is 0 Å². The first-order chi connectivity index (χ1) is 27.8. The van der Waals surface area contributed by atoms with Crippen LogP contribution in [0, 0.1) is 0 Å². The highest BCUT2D eigenvalue weighted by Crippen LogP contribution is 2.43. The molecule has 0 saturated heterocycles. The molecule has 0 aromatic heterocycles. The fourth-order valence-electron chi connectivity index (χ4n) is 5.14. The molecule has 0 amide bonds. The highest BCUT2D eigenvalue weighted by Gasteiger charge is 2.28. The lowest BCUT2D eigenvalue weighted by Gasteiger charge is -2.20. The van der Waals surface area contributed by atoms with Gasteiger partial charge in [0.25, 0.3) is 0 Å². The van der Waals surface area contributed by atoms with Crippen LogP contribution >= 0.6 is 15.6 Å². The van der Waals surface area contributed by atoms with E-state index in [-0.39, 0.29) is 18.9 Å². The van der Waals surface area contributed by atoms with Crippen molar-refractivity contribution in [2.45, 2.75) is 167 Å². The van der Waals surface area contributed by atoms with E-state index in [1.165, 1.54) is 25.7 Å². The number of allylic oxidation sites excluding steroid dienone is 10. The van der Waals surface area contributed by atoms with Crippen LogP contribution in [0.4, 0.5) is 0 Å². The summed E-state index contributed by atoms with van der Waals surface area (Å²) < 4.78 is 47.6. The molecule has 0 radical (unpaired) electrons. The van der Waals surface area contributed by atoms with Crippen LogP contribution in [0.2, 0.25) is 0 Å². The van der Waals surface area contributed by atoms with Gasteiger partial charge in [-0.1, -0.05) is 113 Å². The lowest BCUT2D eigenvalue weighted by molar-refractivity contribution is -0.161. The number of aliphatic hydroxyl groups is 2. The Balaban J connectivity index is 4.67. The van der Waals surface area contributed by atoms with E-state index in [2.05, 4.69) is 64.6 Å². The van der Waals surface area contributed by atoms with Crippen molar-refractivity contribution in [2.24, 2.45) is 0 Å². The van der Waals surface area contributed by atoms with E-state index in [9.17, 15) is 33.8 Å². The van der Waals surface area contributed by atoms with Crippen molar-refractivity contribution in [1.82, 2.24) is 0 Å². The molecule has 0 saturated carbocycles. The van der Waals surface area contributed by atoms with E-state index >= 15 is 0 Å². The molecule has 0 fully saturated rings. The molecule has 4 atom stereocenters. The standard InChI is InChI=1S/C42H74O14P2/c1-3-5-6-7-8-9-10-13-17-20-23-26-29-32-41(45)52-36-40(37-55-58(50,51)54-35-39(44)34-53-57(47,48)49)56-42(46)33-30-27-24-21-18-15-12-11-14-16-19-22-25-28-31-38(43)4-2/h9-10,12,14-16,21-22,24-25,38-40,43-44H,3-8,11,13,17-20,23,26-37H2,1-2H3,(H,50,51)(H2,47,48,49)/b10-9-,15-12-,16-14-,24-21-,25-22-/t38-,39+,40-/m1/s1. The number of ether oxygens (including phenoxy) is 2. The molecule has 0 heterocycles. The Hall–Kier alpha value is -2.22. The topological polar surface area (TPSA) is 216 Å². The maximum Gasteiger partial charge on any atom is 0.472 e. The molecule has 14 nitrogen and oxygen atoms in total. The monoisotopic (exact) mass is 864 g/mol. The smallest absolute Gasteiger partial charge is 0.462 e. The van der Waals surface area contributed by atoms with Crippen LogP contribution in [0.3, 0.4) is 0 Å². The summed E-state index contributed by atoms with van der Waals surface area (Å²) in [6, 6.07) is 0. The molecule has 0 aromatic rings. The normalized spacial score (nSPS) is 15.2. The van der Waals surface area contributed by atoms with Gasteiger partial charge in [0.05, 0.1) is 25.9 Å². The van der Waals surface area contributed by atoms with Crippen LogP contribution in [0.1, 0.15) is 149 Å². The van der Waals surface area contributed by atoms with Crippen LogP contribution in [-0.4, -0.2) is 81.6 Å². The van der Waals surface area contributed by atoms with Crippen molar-refractivity contribution in [2.75, 3.05) is 26.4 Å². The Labute approximate surface area is 347 Å². The number of hydrogen-bond acceptors (Lipinski definition) is 11. The average Bonchev–Trinajstić information content (AvgIpc) is 3.18. The Morgan fingerprint density at radius 3 is 1.62 bits per heavy atom. The first-order valence-corrected chi connectivity index (χ1v) is 24.1. The van der Waals surface area contributed by atoms with E-state index in [4.69, 9.17) is 23.8 Å². The number of hydrogen-bond donors (Lipinski definition) is 5. The zero-order chi connectivity index (χ0) is 43.2. The fraction of sp³-hybridized carbons (Fsp3) is 0.714. The van der Waals surface area contributed by atoms with Crippen molar-refractivity contribution < 1.29 is 66.7 Å². The molecule has 0 aliphatic rings. The Bertz CT molecular complexity index is 1280. The highest BCUT2D eigenvalue weighted by atomic mass is 31.2. The third-order valence-electron chi connectivity index (χ3n) is 8.53. The zero-order valence-electron chi connectivity index (χ0n) is 35.0.